The number of carbonyl (C=O) groups excluding carboxylic acids is 1. The van der Waals surface area contributed by atoms with Crippen LogP contribution in [0.2, 0.25) is 0 Å². The number of likely N-dealkylation sites (N-methyl/N-ethyl adjacent to an activating group) is 1. The lowest BCUT2D eigenvalue weighted by atomic mass is 9.99. The van der Waals surface area contributed by atoms with E-state index in [0.717, 1.165) is 12.1 Å². The summed E-state index contributed by atoms with van der Waals surface area (Å²) in [6.07, 6.45) is 0.102. The van der Waals surface area contributed by atoms with Gasteiger partial charge in [-0.2, -0.15) is 0 Å². The predicted molar refractivity (Wildman–Crippen MR) is 75.1 cm³/mol. The Hall–Kier alpha value is -1.39. The van der Waals surface area contributed by atoms with Gasteiger partial charge in [0.1, 0.15) is 0 Å². The molecule has 0 radical (unpaired) electrons. The van der Waals surface area contributed by atoms with Gasteiger partial charge in [-0.1, -0.05) is 30.3 Å². The Morgan fingerprint density at radius 2 is 2.21 bits per heavy atom. The summed E-state index contributed by atoms with van der Waals surface area (Å²) in [7, 11) is 1.90. The summed E-state index contributed by atoms with van der Waals surface area (Å²) in [5.74, 6) is 0.102. The highest BCUT2D eigenvalue weighted by Gasteiger charge is 2.27. The summed E-state index contributed by atoms with van der Waals surface area (Å²) in [6.45, 7) is 4.75. The van der Waals surface area contributed by atoms with Gasteiger partial charge in [0.05, 0.1) is 18.6 Å². The van der Waals surface area contributed by atoms with Crippen LogP contribution in [0.1, 0.15) is 18.4 Å². The summed E-state index contributed by atoms with van der Waals surface area (Å²) in [6, 6.07) is 9.94. The summed E-state index contributed by atoms with van der Waals surface area (Å²) in [4.78, 5) is 14.4. The monoisotopic (exact) mass is 262 g/mol. The molecule has 0 spiro atoms. The molecule has 1 saturated heterocycles. The first-order valence-corrected chi connectivity index (χ1v) is 6.82. The number of nitrogens with one attached hydrogen (secondary N) is 1. The fourth-order valence-electron chi connectivity index (χ4n) is 2.43. The molecule has 1 heterocycles. The molecule has 2 rings (SSSR count). The van der Waals surface area contributed by atoms with Crippen LogP contribution in [0.3, 0.4) is 0 Å². The highest BCUT2D eigenvalue weighted by atomic mass is 16.5. The van der Waals surface area contributed by atoms with Crippen LogP contribution >= 0.6 is 0 Å². The SMILES string of the molecule is CNCC1CN(C(=O)C(C)c2ccccc2)CCO1. The van der Waals surface area contributed by atoms with E-state index in [-0.39, 0.29) is 17.9 Å². The van der Waals surface area contributed by atoms with Crippen molar-refractivity contribution in [2.45, 2.75) is 18.9 Å². The average molecular weight is 262 g/mol. The van der Waals surface area contributed by atoms with Crippen molar-refractivity contribution >= 4 is 5.91 Å². The zero-order valence-corrected chi connectivity index (χ0v) is 11.6. The van der Waals surface area contributed by atoms with Gasteiger partial charge in [0, 0.05) is 19.6 Å². The molecule has 104 valence electrons. The van der Waals surface area contributed by atoms with E-state index in [9.17, 15) is 4.79 Å². The first kappa shape index (κ1) is 14.0. The molecule has 1 aromatic rings. The third-order valence-electron chi connectivity index (χ3n) is 3.55. The minimum absolute atomic E-state index is 0.0884. The first-order chi connectivity index (χ1) is 9.22. The zero-order chi connectivity index (χ0) is 13.7. The molecule has 0 saturated carbocycles. The standard InChI is InChI=1S/C15H22N2O2/c1-12(13-6-4-3-5-7-13)15(18)17-8-9-19-14(11-17)10-16-2/h3-7,12,14,16H,8-11H2,1-2H3. The second-order valence-electron chi connectivity index (χ2n) is 4.97. The topological polar surface area (TPSA) is 41.6 Å². The molecular formula is C15H22N2O2. The Morgan fingerprint density at radius 3 is 2.89 bits per heavy atom. The van der Waals surface area contributed by atoms with Crippen LogP contribution in [-0.4, -0.2) is 50.2 Å². The van der Waals surface area contributed by atoms with Gasteiger partial charge < -0.3 is 15.0 Å². The number of amides is 1. The molecule has 1 aliphatic heterocycles. The van der Waals surface area contributed by atoms with E-state index in [2.05, 4.69) is 5.32 Å². The van der Waals surface area contributed by atoms with Crippen LogP contribution in [0.25, 0.3) is 0 Å². The van der Waals surface area contributed by atoms with Gasteiger partial charge in [0.2, 0.25) is 5.91 Å². The van der Waals surface area contributed by atoms with Crippen molar-refractivity contribution in [3.8, 4) is 0 Å². The third kappa shape index (κ3) is 3.55. The van der Waals surface area contributed by atoms with Crippen molar-refractivity contribution in [1.82, 2.24) is 10.2 Å². The quantitative estimate of drug-likeness (QED) is 0.887. The zero-order valence-electron chi connectivity index (χ0n) is 11.6. The van der Waals surface area contributed by atoms with Gasteiger partial charge in [0.15, 0.2) is 0 Å². The van der Waals surface area contributed by atoms with E-state index in [1.54, 1.807) is 0 Å². The predicted octanol–water partition coefficient (Wildman–Crippen LogP) is 1.24. The number of hydrogen-bond donors (Lipinski definition) is 1. The fourth-order valence-corrected chi connectivity index (χ4v) is 2.43. The molecule has 1 aromatic carbocycles. The number of morpholine rings is 1. The fraction of sp³-hybridized carbons (Fsp3) is 0.533. The normalized spacial score (nSPS) is 21.2. The highest BCUT2D eigenvalue weighted by Crippen LogP contribution is 2.19. The molecule has 4 nitrogen and oxygen atoms in total. The second kappa shape index (κ2) is 6.68. The Kier molecular flexibility index (Phi) is 4.93. The van der Waals surface area contributed by atoms with Crippen molar-refractivity contribution in [1.29, 1.82) is 0 Å². The molecule has 1 N–H and O–H groups in total. The number of ether oxygens (including phenoxy) is 1. The molecule has 2 unspecified atom stereocenters. The van der Waals surface area contributed by atoms with Gasteiger partial charge in [-0.25, -0.2) is 0 Å². The first-order valence-electron chi connectivity index (χ1n) is 6.82. The van der Waals surface area contributed by atoms with Gasteiger partial charge in [-0.05, 0) is 19.5 Å². The van der Waals surface area contributed by atoms with Crippen LogP contribution in [0.5, 0.6) is 0 Å². The number of hydrogen-bond acceptors (Lipinski definition) is 3. The molecule has 19 heavy (non-hydrogen) atoms. The maximum atomic E-state index is 12.5. The summed E-state index contributed by atoms with van der Waals surface area (Å²) in [5.41, 5.74) is 1.07. The lowest BCUT2D eigenvalue weighted by Gasteiger charge is -2.34. The lowest BCUT2D eigenvalue weighted by molar-refractivity contribution is -0.139. The molecule has 0 aromatic heterocycles. The van der Waals surface area contributed by atoms with Crippen molar-refractivity contribution in [3.63, 3.8) is 0 Å². The van der Waals surface area contributed by atoms with Crippen molar-refractivity contribution in [3.05, 3.63) is 35.9 Å². The summed E-state index contributed by atoms with van der Waals surface area (Å²) in [5, 5.41) is 3.09. The van der Waals surface area contributed by atoms with Crippen molar-refractivity contribution in [2.24, 2.45) is 0 Å². The van der Waals surface area contributed by atoms with Crippen LogP contribution in [0, 0.1) is 0 Å². The average Bonchev–Trinajstić information content (AvgIpc) is 2.47. The van der Waals surface area contributed by atoms with E-state index in [0.29, 0.717) is 19.7 Å². The summed E-state index contributed by atoms with van der Waals surface area (Å²) >= 11 is 0. The van der Waals surface area contributed by atoms with E-state index >= 15 is 0 Å². The highest BCUT2D eigenvalue weighted by molar-refractivity contribution is 5.83. The van der Waals surface area contributed by atoms with Crippen LogP contribution in [0.15, 0.2) is 30.3 Å². The third-order valence-corrected chi connectivity index (χ3v) is 3.55. The van der Waals surface area contributed by atoms with Crippen LogP contribution in [-0.2, 0) is 9.53 Å². The van der Waals surface area contributed by atoms with E-state index < -0.39 is 0 Å². The van der Waals surface area contributed by atoms with Gasteiger partial charge in [-0.3, -0.25) is 4.79 Å². The number of benzene rings is 1. The van der Waals surface area contributed by atoms with E-state index in [1.165, 1.54) is 0 Å². The molecule has 0 bridgehead atoms. The molecular weight excluding hydrogens is 240 g/mol. The molecule has 4 heteroatoms. The largest absolute Gasteiger partial charge is 0.373 e. The van der Waals surface area contributed by atoms with E-state index in [4.69, 9.17) is 4.74 Å². The molecule has 1 aliphatic rings. The maximum absolute atomic E-state index is 12.5. The Balaban J connectivity index is 1.99. The smallest absolute Gasteiger partial charge is 0.229 e. The number of rotatable bonds is 4. The Labute approximate surface area is 114 Å². The number of nitrogens with zero attached hydrogens (tertiary/aromatic N) is 1. The summed E-state index contributed by atoms with van der Waals surface area (Å²) < 4.78 is 5.63. The van der Waals surface area contributed by atoms with Crippen molar-refractivity contribution in [2.75, 3.05) is 33.3 Å². The van der Waals surface area contributed by atoms with Gasteiger partial charge in [-0.15, -0.1) is 0 Å². The molecule has 0 aliphatic carbocycles. The minimum atomic E-state index is -0.0884. The van der Waals surface area contributed by atoms with Crippen LogP contribution < -0.4 is 5.32 Å². The Morgan fingerprint density at radius 1 is 1.47 bits per heavy atom. The van der Waals surface area contributed by atoms with Crippen LogP contribution in [0.4, 0.5) is 0 Å². The molecule has 2 atom stereocenters. The Bertz CT molecular complexity index is 406. The van der Waals surface area contributed by atoms with E-state index in [1.807, 2.05) is 49.2 Å². The van der Waals surface area contributed by atoms with Gasteiger partial charge >= 0.3 is 0 Å². The molecule has 1 fully saturated rings. The van der Waals surface area contributed by atoms with Crippen molar-refractivity contribution < 1.29 is 9.53 Å². The van der Waals surface area contributed by atoms with Gasteiger partial charge in [0.25, 0.3) is 0 Å². The second-order valence-corrected chi connectivity index (χ2v) is 4.97. The minimum Gasteiger partial charge on any atom is -0.373 e. The number of carbonyl (C=O) groups is 1. The molecule has 1 amide bonds. The maximum Gasteiger partial charge on any atom is 0.229 e. The lowest BCUT2D eigenvalue weighted by Crippen LogP contribution is -2.49.